The summed E-state index contributed by atoms with van der Waals surface area (Å²) in [5, 5.41) is 5.57. The van der Waals surface area contributed by atoms with E-state index in [1.54, 1.807) is 24.0 Å². The second-order valence-electron chi connectivity index (χ2n) is 8.73. The van der Waals surface area contributed by atoms with E-state index >= 15 is 0 Å². The maximum atomic E-state index is 12.2. The molecule has 0 N–H and O–H groups in total. The van der Waals surface area contributed by atoms with Crippen LogP contribution in [0.5, 0.6) is 0 Å². The Bertz CT molecular complexity index is 848. The Labute approximate surface area is 166 Å². The highest BCUT2D eigenvalue weighted by atomic mass is 35.5. The van der Waals surface area contributed by atoms with E-state index in [2.05, 4.69) is 48.9 Å². The number of fused-ring (bicyclic) bond motifs is 1. The van der Waals surface area contributed by atoms with Crippen molar-refractivity contribution in [3.8, 4) is 0 Å². The van der Waals surface area contributed by atoms with Crippen LogP contribution in [0.3, 0.4) is 0 Å². The van der Waals surface area contributed by atoms with Gasteiger partial charge in [-0.1, -0.05) is 20.8 Å². The Kier molecular flexibility index (Phi) is 5.35. The second-order valence-corrected chi connectivity index (χ2v) is 13.8. The standard InChI is InChI=1S/C18H28ClN5O2Si/c1-12(25)23-8-7-15(26-27(5,6)18(2,3)4)14(23)11-24-16-13(10-21-24)9-20-17(19)22-16/h9-10,14-15H,7-8,11H2,1-6H3/t14-,15-/m0/s1. The molecule has 1 saturated heterocycles. The summed E-state index contributed by atoms with van der Waals surface area (Å²) in [5.74, 6) is 0.0606. The van der Waals surface area contributed by atoms with Crippen molar-refractivity contribution in [1.82, 2.24) is 24.6 Å². The Morgan fingerprint density at radius 3 is 2.70 bits per heavy atom. The molecule has 0 bridgehead atoms. The highest BCUT2D eigenvalue weighted by molar-refractivity contribution is 6.74. The van der Waals surface area contributed by atoms with E-state index in [4.69, 9.17) is 16.0 Å². The number of hydrogen-bond acceptors (Lipinski definition) is 5. The van der Waals surface area contributed by atoms with E-state index in [1.165, 1.54) is 0 Å². The van der Waals surface area contributed by atoms with Crippen LogP contribution < -0.4 is 0 Å². The summed E-state index contributed by atoms with van der Waals surface area (Å²) in [6, 6.07) is -0.0755. The van der Waals surface area contributed by atoms with E-state index in [-0.39, 0.29) is 28.4 Å². The van der Waals surface area contributed by atoms with Gasteiger partial charge in [0.15, 0.2) is 14.0 Å². The number of rotatable bonds is 4. The average molecular weight is 410 g/mol. The molecule has 0 aromatic carbocycles. The summed E-state index contributed by atoms with van der Waals surface area (Å²) < 4.78 is 8.49. The zero-order valence-electron chi connectivity index (χ0n) is 16.9. The van der Waals surface area contributed by atoms with Gasteiger partial charge >= 0.3 is 0 Å². The molecule has 1 aliphatic heterocycles. The third-order valence-corrected chi connectivity index (χ3v) is 10.5. The quantitative estimate of drug-likeness (QED) is 0.570. The highest BCUT2D eigenvalue weighted by Crippen LogP contribution is 2.39. The summed E-state index contributed by atoms with van der Waals surface area (Å²) in [7, 11) is -1.95. The Hall–Kier alpha value is -1.51. The Morgan fingerprint density at radius 1 is 1.37 bits per heavy atom. The van der Waals surface area contributed by atoms with Gasteiger partial charge in [0, 0.05) is 19.7 Å². The fraction of sp³-hybridized carbons (Fsp3) is 0.667. The number of aromatic nitrogens is 4. The molecule has 3 rings (SSSR count). The third kappa shape index (κ3) is 4.02. The molecule has 7 nitrogen and oxygen atoms in total. The lowest BCUT2D eigenvalue weighted by Crippen LogP contribution is -2.49. The molecule has 1 aliphatic rings. The van der Waals surface area contributed by atoms with Crippen molar-refractivity contribution in [2.75, 3.05) is 6.54 Å². The fourth-order valence-corrected chi connectivity index (χ4v) is 4.80. The minimum Gasteiger partial charge on any atom is -0.412 e. The van der Waals surface area contributed by atoms with Crippen LogP contribution in [-0.4, -0.2) is 57.6 Å². The van der Waals surface area contributed by atoms with E-state index in [9.17, 15) is 4.79 Å². The van der Waals surface area contributed by atoms with Crippen LogP contribution in [0.4, 0.5) is 0 Å². The van der Waals surface area contributed by atoms with Gasteiger partial charge in [-0.05, 0) is 36.2 Å². The summed E-state index contributed by atoms with van der Waals surface area (Å²) in [5.41, 5.74) is 0.677. The summed E-state index contributed by atoms with van der Waals surface area (Å²) in [6.07, 6.45) is 4.22. The zero-order valence-corrected chi connectivity index (χ0v) is 18.6. The minimum absolute atomic E-state index is 0.00801. The van der Waals surface area contributed by atoms with Gasteiger partial charge in [-0.15, -0.1) is 0 Å². The Morgan fingerprint density at radius 2 is 2.07 bits per heavy atom. The number of carbonyl (C=O) groups is 1. The first-order chi connectivity index (χ1) is 12.5. The normalized spacial score (nSPS) is 21.2. The van der Waals surface area contributed by atoms with Gasteiger partial charge in [0.1, 0.15) is 0 Å². The minimum atomic E-state index is -1.95. The topological polar surface area (TPSA) is 73.1 Å². The lowest BCUT2D eigenvalue weighted by atomic mass is 10.1. The molecular weight excluding hydrogens is 382 g/mol. The zero-order chi connectivity index (χ0) is 20.0. The molecule has 9 heteroatoms. The Balaban J connectivity index is 1.90. The molecule has 0 spiro atoms. The van der Waals surface area contributed by atoms with Crippen molar-refractivity contribution in [2.45, 2.75) is 70.9 Å². The van der Waals surface area contributed by atoms with E-state index in [0.29, 0.717) is 18.7 Å². The summed E-state index contributed by atoms with van der Waals surface area (Å²) in [4.78, 5) is 22.4. The number of nitrogens with zero attached hydrogens (tertiary/aromatic N) is 5. The molecule has 2 aromatic heterocycles. The molecule has 1 amide bonds. The molecule has 27 heavy (non-hydrogen) atoms. The average Bonchev–Trinajstić information content (AvgIpc) is 3.11. The number of carbonyl (C=O) groups excluding carboxylic acids is 1. The predicted molar refractivity (Wildman–Crippen MR) is 108 cm³/mol. The van der Waals surface area contributed by atoms with Gasteiger partial charge in [0.2, 0.25) is 11.2 Å². The first-order valence-electron chi connectivity index (χ1n) is 9.29. The lowest BCUT2D eigenvalue weighted by Gasteiger charge is -2.40. The molecule has 1 fully saturated rings. The van der Waals surface area contributed by atoms with Crippen LogP contribution in [0, 0.1) is 0 Å². The molecule has 0 saturated carbocycles. The SMILES string of the molecule is CC(=O)N1CC[C@H](O[Si](C)(C)C(C)(C)C)[C@@H]1Cn1ncc2cnc(Cl)nc21. The lowest BCUT2D eigenvalue weighted by molar-refractivity contribution is -0.130. The van der Waals surface area contributed by atoms with Crippen molar-refractivity contribution in [3.63, 3.8) is 0 Å². The molecule has 2 aromatic rings. The van der Waals surface area contributed by atoms with E-state index in [0.717, 1.165) is 11.8 Å². The first kappa shape index (κ1) is 20.2. The number of likely N-dealkylation sites (tertiary alicyclic amines) is 1. The van der Waals surface area contributed by atoms with Crippen LogP contribution in [0.2, 0.25) is 23.4 Å². The van der Waals surface area contributed by atoms with Gasteiger partial charge in [-0.3, -0.25) is 4.79 Å². The van der Waals surface area contributed by atoms with Crippen LogP contribution in [-0.2, 0) is 15.8 Å². The van der Waals surface area contributed by atoms with Crippen molar-refractivity contribution < 1.29 is 9.22 Å². The molecule has 2 atom stereocenters. The molecule has 0 radical (unpaired) electrons. The molecule has 3 heterocycles. The van der Waals surface area contributed by atoms with Gasteiger partial charge in [-0.25, -0.2) is 9.67 Å². The number of amides is 1. The van der Waals surface area contributed by atoms with Gasteiger partial charge < -0.3 is 9.33 Å². The summed E-state index contributed by atoms with van der Waals surface area (Å²) in [6.45, 7) is 14.0. The van der Waals surface area contributed by atoms with Gasteiger partial charge in [-0.2, -0.15) is 10.1 Å². The first-order valence-corrected chi connectivity index (χ1v) is 12.6. The largest absolute Gasteiger partial charge is 0.412 e. The molecule has 0 unspecified atom stereocenters. The number of halogens is 1. The van der Waals surface area contributed by atoms with Gasteiger partial charge in [0.25, 0.3) is 0 Å². The monoisotopic (exact) mass is 409 g/mol. The summed E-state index contributed by atoms with van der Waals surface area (Å²) >= 11 is 5.96. The highest BCUT2D eigenvalue weighted by Gasteiger charge is 2.44. The maximum absolute atomic E-state index is 12.2. The van der Waals surface area contributed by atoms with Crippen LogP contribution >= 0.6 is 11.6 Å². The third-order valence-electron chi connectivity index (χ3n) is 5.85. The maximum Gasteiger partial charge on any atom is 0.224 e. The van der Waals surface area contributed by atoms with Crippen molar-refractivity contribution in [3.05, 3.63) is 17.7 Å². The molecular formula is C18H28ClN5O2Si. The second kappa shape index (κ2) is 7.14. The van der Waals surface area contributed by atoms with Crippen molar-refractivity contribution in [1.29, 1.82) is 0 Å². The van der Waals surface area contributed by atoms with Crippen LogP contribution in [0.1, 0.15) is 34.1 Å². The predicted octanol–water partition coefficient (Wildman–Crippen LogP) is 3.49. The van der Waals surface area contributed by atoms with Crippen LogP contribution in [0.25, 0.3) is 11.0 Å². The molecule has 148 valence electrons. The van der Waals surface area contributed by atoms with E-state index < -0.39 is 8.32 Å². The van der Waals surface area contributed by atoms with E-state index in [1.807, 2.05) is 4.90 Å². The van der Waals surface area contributed by atoms with Crippen LogP contribution in [0.15, 0.2) is 12.4 Å². The van der Waals surface area contributed by atoms with Gasteiger partial charge in [0.05, 0.1) is 30.3 Å². The molecule has 0 aliphatic carbocycles. The fourth-order valence-electron chi connectivity index (χ4n) is 3.28. The number of hydrogen-bond donors (Lipinski definition) is 0. The smallest absolute Gasteiger partial charge is 0.224 e. The van der Waals surface area contributed by atoms with Crippen molar-refractivity contribution >= 4 is 36.9 Å². The van der Waals surface area contributed by atoms with Crippen molar-refractivity contribution in [2.24, 2.45) is 0 Å².